The van der Waals surface area contributed by atoms with Crippen LogP contribution < -0.4 is 0 Å². The van der Waals surface area contributed by atoms with E-state index < -0.39 is 0 Å². The van der Waals surface area contributed by atoms with Gasteiger partial charge < -0.3 is 0 Å². The predicted octanol–water partition coefficient (Wildman–Crippen LogP) is 2.95. The Bertz CT molecular complexity index is 464. The normalized spacial score (nSPS) is 27.5. The van der Waals surface area contributed by atoms with Gasteiger partial charge in [-0.25, -0.2) is 9.67 Å². The number of rotatable bonds is 3. The number of alkyl halides is 1. The van der Waals surface area contributed by atoms with Crippen molar-refractivity contribution in [2.45, 2.75) is 43.1 Å². The Morgan fingerprint density at radius 1 is 1.47 bits per heavy atom. The van der Waals surface area contributed by atoms with E-state index in [1.54, 1.807) is 0 Å². The first-order valence-corrected chi connectivity index (χ1v) is 7.47. The molecule has 1 fully saturated rings. The quantitative estimate of drug-likeness (QED) is 0.481. The number of fused-ring (bicyclic) bond motifs is 1. The lowest BCUT2D eigenvalue weighted by Crippen LogP contribution is -2.13. The molecule has 17 heavy (non-hydrogen) atoms. The summed E-state index contributed by atoms with van der Waals surface area (Å²) in [6.45, 7) is 4.40. The van der Waals surface area contributed by atoms with Crippen LogP contribution >= 0.6 is 22.6 Å². The zero-order valence-electron chi connectivity index (χ0n) is 10.1. The van der Waals surface area contributed by atoms with Crippen molar-refractivity contribution >= 4 is 28.4 Å². The molecular formula is C12H16IN3O. The molecule has 92 valence electrons. The number of hydrogen-bond donors (Lipinski definition) is 0. The molecule has 0 amide bonds. The van der Waals surface area contributed by atoms with Gasteiger partial charge in [0.05, 0.1) is 9.97 Å². The van der Waals surface area contributed by atoms with E-state index in [9.17, 15) is 4.79 Å². The zero-order chi connectivity index (χ0) is 12.2. The van der Waals surface area contributed by atoms with Gasteiger partial charge >= 0.3 is 0 Å². The fraction of sp³-hybridized carbons (Fsp3) is 0.750. The number of ketones is 1. The fourth-order valence-electron chi connectivity index (χ4n) is 2.40. The van der Waals surface area contributed by atoms with Gasteiger partial charge in [-0.3, -0.25) is 4.79 Å². The SMILES string of the molecule is CC(C)[C@@H]1C[C@H](I)c2nc(C(=O)C3CC3)nn21. The first kappa shape index (κ1) is 11.6. The highest BCUT2D eigenvalue weighted by molar-refractivity contribution is 14.1. The number of hydrogen-bond acceptors (Lipinski definition) is 3. The molecule has 0 aromatic carbocycles. The van der Waals surface area contributed by atoms with Crippen LogP contribution in [0.3, 0.4) is 0 Å². The highest BCUT2D eigenvalue weighted by Crippen LogP contribution is 2.42. The monoisotopic (exact) mass is 345 g/mol. The molecule has 1 aromatic rings. The van der Waals surface area contributed by atoms with Gasteiger partial charge in [0.15, 0.2) is 0 Å². The van der Waals surface area contributed by atoms with Gasteiger partial charge in [0.25, 0.3) is 0 Å². The molecule has 1 aliphatic heterocycles. The summed E-state index contributed by atoms with van der Waals surface area (Å²) < 4.78 is 2.39. The lowest BCUT2D eigenvalue weighted by Gasteiger charge is -2.15. The number of carbonyl (C=O) groups excluding carboxylic acids is 1. The van der Waals surface area contributed by atoms with E-state index in [0.717, 1.165) is 25.1 Å². The van der Waals surface area contributed by atoms with Crippen LogP contribution in [-0.2, 0) is 0 Å². The second-order valence-corrected chi connectivity index (χ2v) is 6.89. The van der Waals surface area contributed by atoms with E-state index in [4.69, 9.17) is 0 Å². The lowest BCUT2D eigenvalue weighted by atomic mass is 10.0. The van der Waals surface area contributed by atoms with E-state index in [0.29, 0.717) is 21.7 Å². The van der Waals surface area contributed by atoms with Crippen molar-refractivity contribution in [2.75, 3.05) is 0 Å². The average Bonchev–Trinajstić information content (AvgIpc) is 2.95. The summed E-state index contributed by atoms with van der Waals surface area (Å²) in [6.07, 6.45) is 3.12. The minimum atomic E-state index is 0.151. The maximum Gasteiger partial charge on any atom is 0.217 e. The van der Waals surface area contributed by atoms with Gasteiger partial charge in [0.2, 0.25) is 11.6 Å². The van der Waals surface area contributed by atoms with E-state index >= 15 is 0 Å². The molecule has 2 atom stereocenters. The van der Waals surface area contributed by atoms with Crippen LogP contribution in [0.4, 0.5) is 0 Å². The van der Waals surface area contributed by atoms with Gasteiger partial charge in [-0.15, -0.1) is 5.10 Å². The summed E-state index contributed by atoms with van der Waals surface area (Å²) in [4.78, 5) is 16.4. The van der Waals surface area contributed by atoms with Gasteiger partial charge in [0.1, 0.15) is 5.82 Å². The largest absolute Gasteiger partial charge is 0.290 e. The van der Waals surface area contributed by atoms with Gasteiger partial charge in [-0.2, -0.15) is 0 Å². The van der Waals surface area contributed by atoms with Crippen molar-refractivity contribution in [3.8, 4) is 0 Å². The summed E-state index contributed by atoms with van der Waals surface area (Å²) in [5, 5.41) is 4.46. The zero-order valence-corrected chi connectivity index (χ0v) is 12.2. The molecule has 0 N–H and O–H groups in total. The highest BCUT2D eigenvalue weighted by atomic mass is 127. The van der Waals surface area contributed by atoms with Crippen LogP contribution in [0.25, 0.3) is 0 Å². The summed E-state index contributed by atoms with van der Waals surface area (Å²) in [6, 6.07) is 0.403. The van der Waals surface area contributed by atoms with Crippen LogP contribution in [0.5, 0.6) is 0 Å². The maximum atomic E-state index is 12.0. The Labute approximate surface area is 114 Å². The molecule has 3 rings (SSSR count). The summed E-state index contributed by atoms with van der Waals surface area (Å²) in [5.41, 5.74) is 0. The Kier molecular flexibility index (Phi) is 2.76. The van der Waals surface area contributed by atoms with Crippen molar-refractivity contribution in [3.63, 3.8) is 0 Å². The van der Waals surface area contributed by atoms with E-state index in [-0.39, 0.29) is 11.7 Å². The van der Waals surface area contributed by atoms with Crippen molar-refractivity contribution in [3.05, 3.63) is 11.6 Å². The molecule has 0 unspecified atom stereocenters. The molecule has 1 aliphatic carbocycles. The third-order valence-electron chi connectivity index (χ3n) is 3.64. The number of carbonyl (C=O) groups is 1. The predicted molar refractivity (Wildman–Crippen MR) is 72.3 cm³/mol. The van der Waals surface area contributed by atoms with Gasteiger partial charge in [-0.05, 0) is 25.2 Å². The van der Waals surface area contributed by atoms with Crippen LogP contribution in [0.2, 0.25) is 0 Å². The Morgan fingerprint density at radius 2 is 2.18 bits per heavy atom. The third-order valence-corrected chi connectivity index (χ3v) is 4.70. The first-order valence-electron chi connectivity index (χ1n) is 6.22. The molecule has 2 aliphatic rings. The topological polar surface area (TPSA) is 47.8 Å². The van der Waals surface area contributed by atoms with Crippen LogP contribution in [0.15, 0.2) is 0 Å². The summed E-state index contributed by atoms with van der Waals surface area (Å²) in [7, 11) is 0. The molecule has 5 heteroatoms. The lowest BCUT2D eigenvalue weighted by molar-refractivity contribution is 0.0956. The van der Waals surface area contributed by atoms with Crippen molar-refractivity contribution in [1.82, 2.24) is 14.8 Å². The Balaban J connectivity index is 1.94. The minimum Gasteiger partial charge on any atom is -0.290 e. The number of aromatic nitrogens is 3. The molecule has 0 saturated heterocycles. The molecule has 0 radical (unpaired) electrons. The standard InChI is InChI=1S/C12H16IN3O/c1-6(2)9-5-8(13)12-14-11(15-16(9)12)10(17)7-3-4-7/h6-9H,3-5H2,1-2H3/t8-,9-/m0/s1. The first-order chi connectivity index (χ1) is 8.08. The van der Waals surface area contributed by atoms with Crippen LogP contribution in [0.1, 0.15) is 59.5 Å². The highest BCUT2D eigenvalue weighted by Gasteiger charge is 2.38. The fourth-order valence-corrected chi connectivity index (χ4v) is 3.34. The van der Waals surface area contributed by atoms with Crippen molar-refractivity contribution < 1.29 is 4.79 Å². The molecule has 0 spiro atoms. The summed E-state index contributed by atoms with van der Waals surface area (Å²) in [5.74, 6) is 2.35. The average molecular weight is 345 g/mol. The Hall–Kier alpha value is -0.460. The number of nitrogens with zero attached hydrogens (tertiary/aromatic N) is 3. The number of halogens is 1. The smallest absolute Gasteiger partial charge is 0.217 e. The third kappa shape index (κ3) is 1.92. The number of Topliss-reactive ketones (excluding diaryl/α,β-unsaturated/α-hetero) is 1. The van der Waals surface area contributed by atoms with E-state index in [1.165, 1.54) is 0 Å². The van der Waals surface area contributed by atoms with Gasteiger partial charge in [-0.1, -0.05) is 36.4 Å². The molecule has 2 heterocycles. The van der Waals surface area contributed by atoms with Crippen molar-refractivity contribution in [2.24, 2.45) is 11.8 Å². The maximum absolute atomic E-state index is 12.0. The van der Waals surface area contributed by atoms with E-state index in [2.05, 4.69) is 46.5 Å². The van der Waals surface area contributed by atoms with Crippen LogP contribution in [-0.4, -0.2) is 20.5 Å². The van der Waals surface area contributed by atoms with Crippen LogP contribution in [0, 0.1) is 11.8 Å². The molecule has 4 nitrogen and oxygen atoms in total. The molecule has 1 aromatic heterocycles. The summed E-state index contributed by atoms with van der Waals surface area (Å²) >= 11 is 2.41. The van der Waals surface area contributed by atoms with Gasteiger partial charge in [0, 0.05) is 5.92 Å². The molecule has 0 bridgehead atoms. The van der Waals surface area contributed by atoms with E-state index in [1.807, 2.05) is 4.68 Å². The Morgan fingerprint density at radius 3 is 2.76 bits per heavy atom. The van der Waals surface area contributed by atoms with Crippen molar-refractivity contribution in [1.29, 1.82) is 0 Å². The minimum absolute atomic E-state index is 0.151. The second kappa shape index (κ2) is 4.03. The second-order valence-electron chi connectivity index (χ2n) is 5.39. The molecule has 1 saturated carbocycles. The molecular weight excluding hydrogens is 329 g/mol.